The molecule has 9 heterocycles. The number of nitrogens with zero attached hydrogens (tertiary/aromatic N) is 12. The molecule has 0 amide bonds. The van der Waals surface area contributed by atoms with Crippen molar-refractivity contribution in [3.05, 3.63) is 200 Å². The number of para-hydroxylation sites is 1. The molecule has 370 valence electrons. The molecule has 15 rings (SSSR count). The Morgan fingerprint density at radius 1 is 0.545 bits per heavy atom. The molecular formula is C64H48N12O. The molecular weight excluding hydrogens is 953 g/mol. The number of fused-ring (bicyclic) bond motifs is 9. The maximum atomic E-state index is 6.64. The topological polar surface area (TPSA) is 128 Å². The fourth-order valence-corrected chi connectivity index (χ4v) is 11.9. The molecule has 5 aromatic carbocycles. The van der Waals surface area contributed by atoms with Gasteiger partial charge in [0, 0.05) is 83.6 Å². The predicted octanol–water partition coefficient (Wildman–Crippen LogP) is 13.7. The van der Waals surface area contributed by atoms with Crippen molar-refractivity contribution < 1.29 is 4.42 Å². The standard InChI is InChI=1S/C64H48N12O/c1-38-18-23-51(74(38)5)45-15-6-7-16-52(45)75-54-25-21-49(41-12-9-14-44(32-41)63-71-67-37-73(63)4)68-60(54)61-55(75)26-22-50(69-61)42-20-27-57-46(34-42)48-35-64(2,29-28-58(48)77-57)76-53-24-19-40(33-47(53)59-56(76)17-10-30-65-59)39-11-8-13-43(31-39)62-70-66-36-72(62)3/h6-34,36-37H,35H2,1-5H3. The van der Waals surface area contributed by atoms with Crippen LogP contribution in [0.2, 0.25) is 0 Å². The number of furan rings is 1. The average Bonchev–Trinajstić information content (AvgIpc) is 4.40. The van der Waals surface area contributed by atoms with Gasteiger partial charge in [-0.3, -0.25) is 4.98 Å². The molecule has 9 aromatic heterocycles. The quantitative estimate of drug-likeness (QED) is 0.147. The van der Waals surface area contributed by atoms with Gasteiger partial charge in [0.25, 0.3) is 0 Å². The maximum Gasteiger partial charge on any atom is 0.163 e. The van der Waals surface area contributed by atoms with Crippen molar-refractivity contribution in [3.63, 3.8) is 0 Å². The van der Waals surface area contributed by atoms with E-state index in [0.29, 0.717) is 6.42 Å². The van der Waals surface area contributed by atoms with E-state index in [0.717, 1.165) is 140 Å². The van der Waals surface area contributed by atoms with E-state index in [9.17, 15) is 0 Å². The first-order valence-corrected chi connectivity index (χ1v) is 25.7. The molecule has 14 aromatic rings. The van der Waals surface area contributed by atoms with Crippen LogP contribution in [0.5, 0.6) is 0 Å². The van der Waals surface area contributed by atoms with Gasteiger partial charge in [0.05, 0.1) is 55.9 Å². The Morgan fingerprint density at radius 2 is 1.18 bits per heavy atom. The first-order valence-electron chi connectivity index (χ1n) is 25.7. The largest absolute Gasteiger partial charge is 0.456 e. The van der Waals surface area contributed by atoms with E-state index in [1.54, 1.807) is 12.7 Å². The summed E-state index contributed by atoms with van der Waals surface area (Å²) < 4.78 is 17.5. The third kappa shape index (κ3) is 6.89. The third-order valence-electron chi connectivity index (χ3n) is 15.8. The van der Waals surface area contributed by atoms with Crippen molar-refractivity contribution in [2.75, 3.05) is 0 Å². The van der Waals surface area contributed by atoms with E-state index < -0.39 is 5.54 Å². The maximum absolute atomic E-state index is 6.64. The number of aryl methyl sites for hydroxylation is 3. The second kappa shape index (κ2) is 16.8. The van der Waals surface area contributed by atoms with E-state index in [-0.39, 0.29) is 0 Å². The highest BCUT2D eigenvalue weighted by atomic mass is 16.3. The zero-order valence-electron chi connectivity index (χ0n) is 42.9. The lowest BCUT2D eigenvalue weighted by molar-refractivity contribution is 0.424. The fourth-order valence-electron chi connectivity index (χ4n) is 11.9. The summed E-state index contributed by atoms with van der Waals surface area (Å²) in [6, 6.07) is 55.8. The Hall–Kier alpha value is -10.0. The molecule has 0 radical (unpaired) electrons. The van der Waals surface area contributed by atoms with E-state index in [4.69, 9.17) is 19.4 Å². The summed E-state index contributed by atoms with van der Waals surface area (Å²) in [7, 11) is 6.04. The lowest BCUT2D eigenvalue weighted by atomic mass is 9.85. The Balaban J connectivity index is 0.846. The minimum Gasteiger partial charge on any atom is -0.456 e. The van der Waals surface area contributed by atoms with Crippen molar-refractivity contribution in [1.82, 2.24) is 58.2 Å². The van der Waals surface area contributed by atoms with Crippen LogP contribution >= 0.6 is 0 Å². The monoisotopic (exact) mass is 1000 g/mol. The van der Waals surface area contributed by atoms with E-state index in [2.05, 4.69) is 213 Å². The third-order valence-corrected chi connectivity index (χ3v) is 15.8. The van der Waals surface area contributed by atoms with E-state index in [1.165, 1.54) is 5.69 Å². The van der Waals surface area contributed by atoms with Gasteiger partial charge in [-0.15, -0.1) is 20.4 Å². The second-order valence-corrected chi connectivity index (χ2v) is 20.6. The van der Waals surface area contributed by atoms with Gasteiger partial charge in [-0.05, 0) is 128 Å². The van der Waals surface area contributed by atoms with Crippen molar-refractivity contribution in [2.24, 2.45) is 21.1 Å². The summed E-state index contributed by atoms with van der Waals surface area (Å²) in [5, 5.41) is 19.2. The first kappa shape index (κ1) is 44.5. The van der Waals surface area contributed by atoms with Crippen LogP contribution in [-0.4, -0.2) is 58.2 Å². The molecule has 13 heteroatoms. The van der Waals surface area contributed by atoms with Crippen LogP contribution in [0.1, 0.15) is 23.9 Å². The van der Waals surface area contributed by atoms with E-state index in [1.807, 2.05) is 41.6 Å². The summed E-state index contributed by atoms with van der Waals surface area (Å²) in [5.41, 5.74) is 20.6. The van der Waals surface area contributed by atoms with Gasteiger partial charge in [-0.25, -0.2) is 9.97 Å². The number of allylic oxidation sites excluding steroid dienone is 1. The second-order valence-electron chi connectivity index (χ2n) is 20.6. The highest BCUT2D eigenvalue weighted by Gasteiger charge is 2.34. The predicted molar refractivity (Wildman–Crippen MR) is 305 cm³/mol. The molecule has 77 heavy (non-hydrogen) atoms. The summed E-state index contributed by atoms with van der Waals surface area (Å²) in [6.07, 6.45) is 10.5. The molecule has 0 saturated carbocycles. The van der Waals surface area contributed by atoms with Gasteiger partial charge in [0.2, 0.25) is 0 Å². The number of hydrogen-bond donors (Lipinski definition) is 0. The number of pyridine rings is 3. The lowest BCUT2D eigenvalue weighted by Gasteiger charge is -2.32. The van der Waals surface area contributed by atoms with Crippen molar-refractivity contribution in [2.45, 2.75) is 25.8 Å². The SMILES string of the molecule is Cc1ccc(-c2ccccc2-n2c3ccc(-c4cccc(-c5nncn5C)c4)nc3c3nc(-c4ccc5oc6c(c5c4)CC(C)(n4c5ccc(-c7cccc(-c8nncn8C)c7)cc5c5ncccc54)C=C6)ccc32)n1C. The van der Waals surface area contributed by atoms with Crippen molar-refractivity contribution in [3.8, 4) is 73.4 Å². The first-order chi connectivity index (χ1) is 37.7. The molecule has 0 fully saturated rings. The van der Waals surface area contributed by atoms with Gasteiger partial charge in [-0.2, -0.15) is 0 Å². The normalized spacial score (nSPS) is 14.5. The molecule has 0 N–H and O–H groups in total. The number of hydrogen-bond acceptors (Lipinski definition) is 8. The molecule has 1 atom stereocenters. The van der Waals surface area contributed by atoms with Crippen LogP contribution in [0.15, 0.2) is 187 Å². The molecule has 0 saturated heterocycles. The zero-order valence-corrected chi connectivity index (χ0v) is 42.9. The van der Waals surface area contributed by atoms with Crippen LogP contribution in [0.25, 0.3) is 134 Å². The fraction of sp³-hybridized carbons (Fsp3) is 0.109. The summed E-state index contributed by atoms with van der Waals surface area (Å²) in [6.45, 7) is 4.45. The average molecular weight is 1000 g/mol. The van der Waals surface area contributed by atoms with Crippen LogP contribution in [0.4, 0.5) is 0 Å². The molecule has 1 aliphatic carbocycles. The Kier molecular flexibility index (Phi) is 9.68. The van der Waals surface area contributed by atoms with Gasteiger partial charge in [-0.1, -0.05) is 66.7 Å². The van der Waals surface area contributed by atoms with Crippen LogP contribution in [0.3, 0.4) is 0 Å². The Labute approximate surface area is 441 Å². The summed E-state index contributed by atoms with van der Waals surface area (Å²) in [4.78, 5) is 16.0. The lowest BCUT2D eigenvalue weighted by Crippen LogP contribution is -2.32. The van der Waals surface area contributed by atoms with Gasteiger partial charge < -0.3 is 27.3 Å². The number of rotatable bonds is 8. The molecule has 1 unspecified atom stereocenters. The van der Waals surface area contributed by atoms with E-state index >= 15 is 0 Å². The molecule has 0 aliphatic heterocycles. The minimum atomic E-state index is -0.458. The van der Waals surface area contributed by atoms with Crippen molar-refractivity contribution in [1.29, 1.82) is 0 Å². The Bertz CT molecular complexity index is 4770. The van der Waals surface area contributed by atoms with Gasteiger partial charge in [0.1, 0.15) is 35.0 Å². The minimum absolute atomic E-state index is 0.458. The smallest absolute Gasteiger partial charge is 0.163 e. The zero-order chi connectivity index (χ0) is 51.7. The number of aromatic nitrogens is 12. The summed E-state index contributed by atoms with van der Waals surface area (Å²) >= 11 is 0. The highest BCUT2D eigenvalue weighted by molar-refractivity contribution is 6.09. The van der Waals surface area contributed by atoms with Crippen LogP contribution in [-0.2, 0) is 33.1 Å². The van der Waals surface area contributed by atoms with Gasteiger partial charge in [0.15, 0.2) is 11.6 Å². The highest BCUT2D eigenvalue weighted by Crippen LogP contribution is 2.44. The van der Waals surface area contributed by atoms with Crippen LogP contribution in [0, 0.1) is 6.92 Å². The molecule has 0 bridgehead atoms. The van der Waals surface area contributed by atoms with Gasteiger partial charge >= 0.3 is 0 Å². The van der Waals surface area contributed by atoms with Crippen molar-refractivity contribution >= 4 is 61.0 Å². The molecule has 13 nitrogen and oxygen atoms in total. The Morgan fingerprint density at radius 3 is 1.88 bits per heavy atom. The summed E-state index contributed by atoms with van der Waals surface area (Å²) in [5.74, 6) is 2.48. The van der Waals surface area contributed by atoms with Crippen LogP contribution < -0.4 is 0 Å². The number of benzene rings is 5. The molecule has 0 spiro atoms. The molecule has 1 aliphatic rings.